The fourth-order valence-corrected chi connectivity index (χ4v) is 3.23. The maximum absolute atomic E-state index is 10.9. The molecular formula is C7H3Br2N3O2S. The molecule has 8 heteroatoms. The number of nitro benzene ring substituents is 1. The van der Waals surface area contributed by atoms with Gasteiger partial charge < -0.3 is 0 Å². The Morgan fingerprint density at radius 2 is 1.80 bits per heavy atom. The third-order valence-corrected chi connectivity index (χ3v) is 4.23. The van der Waals surface area contributed by atoms with E-state index in [0.29, 0.717) is 25.5 Å². The summed E-state index contributed by atoms with van der Waals surface area (Å²) in [5.41, 5.74) is 1.74. The number of fused-ring (bicyclic) bond motifs is 1. The minimum atomic E-state index is -0.428. The predicted octanol–water partition coefficient (Wildman–Crippen LogP) is 3.43. The lowest BCUT2D eigenvalue weighted by atomic mass is 10.2. The second-order valence-electron chi connectivity index (χ2n) is 2.82. The normalized spacial score (nSPS) is 10.9. The van der Waals surface area contributed by atoms with E-state index in [1.54, 1.807) is 6.92 Å². The summed E-state index contributed by atoms with van der Waals surface area (Å²) in [5, 5.41) is 10.9. The Morgan fingerprint density at radius 1 is 1.27 bits per heavy atom. The molecule has 0 radical (unpaired) electrons. The van der Waals surface area contributed by atoms with Crippen LogP contribution in [0.2, 0.25) is 0 Å². The predicted molar refractivity (Wildman–Crippen MR) is 64.2 cm³/mol. The van der Waals surface area contributed by atoms with E-state index >= 15 is 0 Å². The maximum atomic E-state index is 10.9. The van der Waals surface area contributed by atoms with E-state index in [1.165, 1.54) is 0 Å². The second kappa shape index (κ2) is 3.76. The van der Waals surface area contributed by atoms with Gasteiger partial charge in [0, 0.05) is 5.56 Å². The molecule has 0 atom stereocenters. The molecule has 0 aliphatic rings. The van der Waals surface area contributed by atoms with Gasteiger partial charge in [-0.3, -0.25) is 10.1 Å². The topological polar surface area (TPSA) is 68.9 Å². The van der Waals surface area contributed by atoms with Crippen LogP contribution in [0.1, 0.15) is 5.56 Å². The van der Waals surface area contributed by atoms with Gasteiger partial charge >= 0.3 is 0 Å². The van der Waals surface area contributed by atoms with Crippen molar-refractivity contribution in [1.82, 2.24) is 8.75 Å². The Labute approximate surface area is 105 Å². The zero-order valence-electron chi connectivity index (χ0n) is 7.32. The van der Waals surface area contributed by atoms with Gasteiger partial charge in [-0.05, 0) is 38.8 Å². The molecule has 2 aromatic rings. The average molecular weight is 353 g/mol. The van der Waals surface area contributed by atoms with Crippen molar-refractivity contribution in [3.63, 3.8) is 0 Å². The van der Waals surface area contributed by atoms with Crippen LogP contribution in [-0.2, 0) is 0 Å². The largest absolute Gasteiger partial charge is 0.289 e. The van der Waals surface area contributed by atoms with Gasteiger partial charge in [0.05, 0.1) is 21.1 Å². The summed E-state index contributed by atoms with van der Waals surface area (Å²) >= 11 is 7.51. The summed E-state index contributed by atoms with van der Waals surface area (Å²) in [6, 6.07) is 0. The van der Waals surface area contributed by atoms with E-state index in [4.69, 9.17) is 0 Å². The molecule has 0 unspecified atom stereocenters. The molecule has 78 valence electrons. The second-order valence-corrected chi connectivity index (χ2v) is 4.93. The van der Waals surface area contributed by atoms with Gasteiger partial charge in [-0.25, -0.2) is 0 Å². The third kappa shape index (κ3) is 1.56. The van der Waals surface area contributed by atoms with Gasteiger partial charge in [-0.2, -0.15) is 8.75 Å². The van der Waals surface area contributed by atoms with Crippen molar-refractivity contribution in [3.05, 3.63) is 24.6 Å². The number of aromatic nitrogens is 2. The van der Waals surface area contributed by atoms with Crippen LogP contribution in [0.5, 0.6) is 0 Å². The molecule has 1 heterocycles. The summed E-state index contributed by atoms with van der Waals surface area (Å²) in [6.45, 7) is 1.67. The standard InChI is InChI=1S/C7H3Br2N3O2S/c1-2-3(8)5-6(11-15-10-5)4(9)7(2)12(13)14/h1H3. The summed E-state index contributed by atoms with van der Waals surface area (Å²) in [4.78, 5) is 10.4. The molecular weight excluding hydrogens is 350 g/mol. The molecule has 1 aromatic heterocycles. The fourth-order valence-electron chi connectivity index (χ4n) is 1.25. The summed E-state index contributed by atoms with van der Waals surface area (Å²) in [7, 11) is 0. The summed E-state index contributed by atoms with van der Waals surface area (Å²) in [6.07, 6.45) is 0. The molecule has 0 saturated carbocycles. The van der Waals surface area contributed by atoms with Crippen molar-refractivity contribution in [2.24, 2.45) is 0 Å². The van der Waals surface area contributed by atoms with E-state index in [-0.39, 0.29) is 5.69 Å². The van der Waals surface area contributed by atoms with Gasteiger partial charge in [0.25, 0.3) is 5.69 Å². The minimum Gasteiger partial charge on any atom is -0.258 e. The Morgan fingerprint density at radius 3 is 2.33 bits per heavy atom. The fraction of sp³-hybridized carbons (Fsp3) is 0.143. The molecule has 0 N–H and O–H groups in total. The van der Waals surface area contributed by atoms with Crippen molar-refractivity contribution in [1.29, 1.82) is 0 Å². The van der Waals surface area contributed by atoms with Crippen LogP contribution in [0.3, 0.4) is 0 Å². The number of nitro groups is 1. The van der Waals surface area contributed by atoms with Crippen LogP contribution >= 0.6 is 43.6 Å². The van der Waals surface area contributed by atoms with Gasteiger partial charge in [-0.1, -0.05) is 0 Å². The zero-order chi connectivity index (χ0) is 11.2. The maximum Gasteiger partial charge on any atom is 0.289 e. The lowest BCUT2D eigenvalue weighted by Gasteiger charge is -2.02. The Balaban J connectivity index is 2.98. The van der Waals surface area contributed by atoms with Crippen molar-refractivity contribution >= 4 is 60.3 Å². The molecule has 5 nitrogen and oxygen atoms in total. The van der Waals surface area contributed by atoms with E-state index in [0.717, 1.165) is 11.7 Å². The first-order valence-corrected chi connectivity index (χ1v) is 6.10. The molecule has 2 rings (SSSR count). The molecule has 0 fully saturated rings. The Hall–Kier alpha value is -0.600. The first kappa shape index (κ1) is 10.9. The number of halogens is 2. The van der Waals surface area contributed by atoms with Gasteiger partial charge in [0.1, 0.15) is 15.5 Å². The lowest BCUT2D eigenvalue weighted by molar-refractivity contribution is -0.386. The first-order valence-electron chi connectivity index (χ1n) is 3.78. The first-order chi connectivity index (χ1) is 7.04. The van der Waals surface area contributed by atoms with Crippen LogP contribution in [0.4, 0.5) is 5.69 Å². The van der Waals surface area contributed by atoms with E-state index in [2.05, 4.69) is 40.6 Å². The van der Waals surface area contributed by atoms with Crippen molar-refractivity contribution in [2.75, 3.05) is 0 Å². The highest BCUT2D eigenvalue weighted by atomic mass is 79.9. The molecule has 0 spiro atoms. The summed E-state index contributed by atoms with van der Waals surface area (Å²) in [5.74, 6) is 0. The average Bonchev–Trinajstić information content (AvgIpc) is 2.62. The Kier molecular flexibility index (Phi) is 2.73. The van der Waals surface area contributed by atoms with Crippen molar-refractivity contribution in [3.8, 4) is 0 Å². The highest BCUT2D eigenvalue weighted by Gasteiger charge is 2.24. The molecule has 1 aromatic carbocycles. The smallest absolute Gasteiger partial charge is 0.258 e. The number of benzene rings is 1. The lowest BCUT2D eigenvalue weighted by Crippen LogP contribution is -1.95. The SMILES string of the molecule is Cc1c([N+](=O)[O-])c(Br)c2nsnc2c1Br. The third-order valence-electron chi connectivity index (χ3n) is 1.98. The molecule has 0 amide bonds. The molecule has 0 aliphatic heterocycles. The highest BCUT2D eigenvalue weighted by Crippen LogP contribution is 2.40. The monoisotopic (exact) mass is 351 g/mol. The van der Waals surface area contributed by atoms with Crippen LogP contribution < -0.4 is 0 Å². The number of hydrogen-bond acceptors (Lipinski definition) is 5. The van der Waals surface area contributed by atoms with Crippen molar-refractivity contribution < 1.29 is 4.92 Å². The van der Waals surface area contributed by atoms with Crippen LogP contribution in [-0.4, -0.2) is 13.7 Å². The number of nitrogens with zero attached hydrogens (tertiary/aromatic N) is 3. The van der Waals surface area contributed by atoms with Crippen LogP contribution in [0, 0.1) is 17.0 Å². The van der Waals surface area contributed by atoms with Crippen LogP contribution in [0.25, 0.3) is 11.0 Å². The quantitative estimate of drug-likeness (QED) is 0.582. The van der Waals surface area contributed by atoms with Gasteiger partial charge in [0.15, 0.2) is 0 Å². The molecule has 0 aliphatic carbocycles. The van der Waals surface area contributed by atoms with Gasteiger partial charge in [-0.15, -0.1) is 0 Å². The molecule has 15 heavy (non-hydrogen) atoms. The van der Waals surface area contributed by atoms with Gasteiger partial charge in [0.2, 0.25) is 0 Å². The van der Waals surface area contributed by atoms with E-state index < -0.39 is 4.92 Å². The highest BCUT2D eigenvalue weighted by molar-refractivity contribution is 9.11. The minimum absolute atomic E-state index is 0.0297. The zero-order valence-corrected chi connectivity index (χ0v) is 11.3. The number of hydrogen-bond donors (Lipinski definition) is 0. The van der Waals surface area contributed by atoms with E-state index in [9.17, 15) is 10.1 Å². The van der Waals surface area contributed by atoms with Crippen molar-refractivity contribution in [2.45, 2.75) is 6.92 Å². The van der Waals surface area contributed by atoms with E-state index in [1.807, 2.05) is 0 Å². The summed E-state index contributed by atoms with van der Waals surface area (Å²) < 4.78 is 9.10. The molecule has 0 saturated heterocycles. The number of rotatable bonds is 1. The van der Waals surface area contributed by atoms with Crippen LogP contribution in [0.15, 0.2) is 8.95 Å². The Bertz CT molecular complexity index is 569. The molecule has 0 bridgehead atoms.